The summed E-state index contributed by atoms with van der Waals surface area (Å²) in [6, 6.07) is 12.7. The van der Waals surface area contributed by atoms with E-state index in [4.69, 9.17) is 0 Å². The number of para-hydroxylation sites is 1. The molecule has 0 radical (unpaired) electrons. The van der Waals surface area contributed by atoms with Gasteiger partial charge in [0.15, 0.2) is 0 Å². The van der Waals surface area contributed by atoms with Crippen molar-refractivity contribution in [1.29, 1.82) is 0 Å². The van der Waals surface area contributed by atoms with Gasteiger partial charge in [0.25, 0.3) is 0 Å². The fourth-order valence-corrected chi connectivity index (χ4v) is 4.14. The van der Waals surface area contributed by atoms with Gasteiger partial charge < -0.3 is 15.1 Å². The number of tetrazole rings is 1. The third-order valence-electron chi connectivity index (χ3n) is 5.22. The number of nitrogens with one attached hydrogen (secondary N) is 1. The molecule has 0 aliphatic carbocycles. The molecule has 1 aliphatic heterocycles. The largest absolute Gasteiger partial charge is 0.416 e. The molecular formula is C21H22F3N7OS. The van der Waals surface area contributed by atoms with Crippen LogP contribution in [0.4, 0.5) is 24.5 Å². The van der Waals surface area contributed by atoms with E-state index >= 15 is 0 Å². The molecule has 2 aromatic carbocycles. The Morgan fingerprint density at radius 3 is 2.52 bits per heavy atom. The van der Waals surface area contributed by atoms with E-state index in [0.29, 0.717) is 23.9 Å². The molecule has 4 rings (SSSR count). The van der Waals surface area contributed by atoms with Crippen LogP contribution in [0.1, 0.15) is 5.56 Å². The van der Waals surface area contributed by atoms with Gasteiger partial charge in [-0.2, -0.15) is 17.9 Å². The molecule has 3 aromatic rings. The number of amides is 1. The van der Waals surface area contributed by atoms with Crippen LogP contribution in [0.2, 0.25) is 0 Å². The number of hydrogen-bond donors (Lipinski definition) is 1. The third kappa shape index (κ3) is 5.63. The molecule has 1 N–H and O–H groups in total. The molecule has 0 spiro atoms. The van der Waals surface area contributed by atoms with E-state index < -0.39 is 17.6 Å². The van der Waals surface area contributed by atoms with Crippen molar-refractivity contribution >= 4 is 29.0 Å². The minimum Gasteiger partial charge on any atom is -0.367 e. The maximum atomic E-state index is 13.3. The number of carbonyl (C=O) groups is 1. The highest BCUT2D eigenvalue weighted by Gasteiger charge is 2.32. The van der Waals surface area contributed by atoms with Crippen LogP contribution in [0, 0.1) is 0 Å². The van der Waals surface area contributed by atoms with E-state index in [0.717, 1.165) is 42.7 Å². The van der Waals surface area contributed by atoms with Crippen molar-refractivity contribution in [3.63, 3.8) is 0 Å². The number of carbonyl (C=O) groups excluding carboxylic acids is 1. The van der Waals surface area contributed by atoms with Gasteiger partial charge in [-0.25, -0.2) is 0 Å². The summed E-state index contributed by atoms with van der Waals surface area (Å²) in [7, 11) is 1.99. The van der Waals surface area contributed by atoms with Gasteiger partial charge in [0.2, 0.25) is 11.1 Å². The van der Waals surface area contributed by atoms with Crippen LogP contribution < -0.4 is 10.2 Å². The molecule has 0 unspecified atom stereocenters. The lowest BCUT2D eigenvalue weighted by molar-refractivity contribution is -0.137. The number of halogens is 3. The lowest BCUT2D eigenvalue weighted by atomic mass is 10.1. The molecular weight excluding hydrogens is 455 g/mol. The number of piperazine rings is 1. The number of aromatic nitrogens is 4. The van der Waals surface area contributed by atoms with Gasteiger partial charge in [-0.15, -0.1) is 5.10 Å². The number of thioether (sulfide) groups is 1. The Kier molecular flexibility index (Phi) is 6.84. The highest BCUT2D eigenvalue weighted by molar-refractivity contribution is 7.99. The lowest BCUT2D eigenvalue weighted by Gasteiger charge is -2.35. The van der Waals surface area contributed by atoms with Crippen molar-refractivity contribution in [3.8, 4) is 5.69 Å². The van der Waals surface area contributed by atoms with E-state index in [1.165, 1.54) is 10.7 Å². The molecule has 1 saturated heterocycles. The van der Waals surface area contributed by atoms with E-state index in [9.17, 15) is 18.0 Å². The Hall–Kier alpha value is -3.12. The summed E-state index contributed by atoms with van der Waals surface area (Å²) >= 11 is 1.10. The molecule has 33 heavy (non-hydrogen) atoms. The molecule has 0 saturated carbocycles. The summed E-state index contributed by atoms with van der Waals surface area (Å²) in [6.45, 7) is 2.88. The second-order valence-electron chi connectivity index (χ2n) is 7.57. The van der Waals surface area contributed by atoms with Crippen LogP contribution in [-0.2, 0) is 11.0 Å². The second-order valence-corrected chi connectivity index (χ2v) is 8.51. The van der Waals surface area contributed by atoms with Crippen molar-refractivity contribution in [2.24, 2.45) is 0 Å². The van der Waals surface area contributed by atoms with Gasteiger partial charge in [0.05, 0.1) is 28.4 Å². The summed E-state index contributed by atoms with van der Waals surface area (Å²) in [6.07, 6.45) is -4.51. The summed E-state index contributed by atoms with van der Waals surface area (Å²) in [5, 5.41) is 14.6. The summed E-state index contributed by atoms with van der Waals surface area (Å²) in [4.78, 5) is 16.8. The summed E-state index contributed by atoms with van der Waals surface area (Å²) in [5.41, 5.74) is 0.642. The maximum Gasteiger partial charge on any atom is 0.416 e. The number of hydrogen-bond acceptors (Lipinski definition) is 7. The predicted octanol–water partition coefficient (Wildman–Crippen LogP) is 3.16. The average Bonchev–Trinajstić information content (AvgIpc) is 3.27. The van der Waals surface area contributed by atoms with Crippen molar-refractivity contribution in [2.45, 2.75) is 11.3 Å². The topological polar surface area (TPSA) is 79.2 Å². The van der Waals surface area contributed by atoms with Crippen molar-refractivity contribution < 1.29 is 18.0 Å². The zero-order chi connectivity index (χ0) is 23.4. The van der Waals surface area contributed by atoms with Crippen LogP contribution in [0.5, 0.6) is 0 Å². The normalized spacial score (nSPS) is 15.0. The number of benzene rings is 2. The second kappa shape index (κ2) is 9.79. The number of anilines is 2. The molecule has 1 fully saturated rings. The molecule has 1 amide bonds. The number of alkyl halides is 3. The minimum absolute atomic E-state index is 0.0639. The first-order valence-corrected chi connectivity index (χ1v) is 11.2. The monoisotopic (exact) mass is 477 g/mol. The standard InChI is InChI=1S/C21H22F3N7OS/c1-29-9-11-30(12-10-29)18-8-7-15(21(22,23)24)13-17(18)25-19(32)14-33-20-26-27-28-31(20)16-5-3-2-4-6-16/h2-8,13H,9-12,14H2,1H3,(H,25,32). The maximum absolute atomic E-state index is 13.3. The minimum atomic E-state index is -4.51. The zero-order valence-electron chi connectivity index (χ0n) is 17.8. The smallest absolute Gasteiger partial charge is 0.367 e. The number of nitrogens with zero attached hydrogens (tertiary/aromatic N) is 6. The van der Waals surface area contributed by atoms with Crippen LogP contribution in [0.25, 0.3) is 5.69 Å². The van der Waals surface area contributed by atoms with Gasteiger partial charge in [0, 0.05) is 26.2 Å². The van der Waals surface area contributed by atoms with Crippen LogP contribution in [-0.4, -0.2) is 70.0 Å². The van der Waals surface area contributed by atoms with E-state index in [1.54, 1.807) is 0 Å². The van der Waals surface area contributed by atoms with Crippen molar-refractivity contribution in [2.75, 3.05) is 49.2 Å². The Balaban J connectivity index is 1.49. The molecule has 1 aliphatic rings. The quantitative estimate of drug-likeness (QED) is 0.547. The lowest BCUT2D eigenvalue weighted by Crippen LogP contribution is -2.44. The zero-order valence-corrected chi connectivity index (χ0v) is 18.6. The fourth-order valence-electron chi connectivity index (χ4n) is 3.45. The Labute approximate surface area is 192 Å². The number of rotatable bonds is 6. The first kappa shape index (κ1) is 23.1. The Morgan fingerprint density at radius 2 is 1.82 bits per heavy atom. The van der Waals surface area contributed by atoms with Crippen LogP contribution >= 0.6 is 11.8 Å². The van der Waals surface area contributed by atoms with Gasteiger partial charge >= 0.3 is 6.18 Å². The van der Waals surface area contributed by atoms with E-state index in [-0.39, 0.29) is 11.4 Å². The molecule has 8 nitrogen and oxygen atoms in total. The van der Waals surface area contributed by atoms with Gasteiger partial charge in [-0.05, 0) is 47.8 Å². The first-order chi connectivity index (χ1) is 15.8. The molecule has 2 heterocycles. The summed E-state index contributed by atoms with van der Waals surface area (Å²) < 4.78 is 41.4. The highest BCUT2D eigenvalue weighted by Crippen LogP contribution is 2.36. The Bertz CT molecular complexity index is 1100. The molecule has 12 heteroatoms. The highest BCUT2D eigenvalue weighted by atomic mass is 32.2. The van der Waals surface area contributed by atoms with Crippen molar-refractivity contribution in [1.82, 2.24) is 25.1 Å². The van der Waals surface area contributed by atoms with Crippen LogP contribution in [0.15, 0.2) is 53.7 Å². The molecule has 0 atom stereocenters. The van der Waals surface area contributed by atoms with E-state index in [1.807, 2.05) is 42.3 Å². The first-order valence-electron chi connectivity index (χ1n) is 10.2. The van der Waals surface area contributed by atoms with Crippen molar-refractivity contribution in [3.05, 3.63) is 54.1 Å². The predicted molar refractivity (Wildman–Crippen MR) is 120 cm³/mol. The SMILES string of the molecule is CN1CCN(c2ccc(C(F)(F)F)cc2NC(=O)CSc2nnnn2-c2ccccc2)CC1. The summed E-state index contributed by atoms with van der Waals surface area (Å²) in [5.74, 6) is -0.511. The fraction of sp³-hybridized carbons (Fsp3) is 0.333. The average molecular weight is 478 g/mol. The Morgan fingerprint density at radius 1 is 1.09 bits per heavy atom. The van der Waals surface area contributed by atoms with E-state index in [2.05, 4.69) is 25.7 Å². The molecule has 174 valence electrons. The molecule has 1 aromatic heterocycles. The third-order valence-corrected chi connectivity index (χ3v) is 6.14. The van der Waals surface area contributed by atoms with Gasteiger partial charge in [-0.1, -0.05) is 30.0 Å². The number of likely N-dealkylation sites (N-methyl/N-ethyl adjacent to an activating group) is 1. The van der Waals surface area contributed by atoms with Gasteiger partial charge in [-0.3, -0.25) is 4.79 Å². The van der Waals surface area contributed by atoms with Gasteiger partial charge in [0.1, 0.15) is 0 Å². The van der Waals surface area contributed by atoms with Crippen LogP contribution in [0.3, 0.4) is 0 Å². The molecule has 0 bridgehead atoms.